The molecule has 35 heavy (non-hydrogen) atoms. The number of benzene rings is 2. The Hall–Kier alpha value is -2.69. The first-order valence-electron chi connectivity index (χ1n) is 11.7. The zero-order valence-corrected chi connectivity index (χ0v) is 21.9. The van der Waals surface area contributed by atoms with Gasteiger partial charge in [-0.15, -0.1) is 24.8 Å². The molecule has 0 saturated carbocycles. The van der Waals surface area contributed by atoms with Crippen LogP contribution in [-0.2, 0) is 17.9 Å². The quantitative estimate of drug-likeness (QED) is 0.400. The molecule has 1 aromatic heterocycles. The number of aromatic nitrogens is 2. The number of hydrogen-bond acceptors (Lipinski definition) is 4. The molecule has 1 amide bonds. The summed E-state index contributed by atoms with van der Waals surface area (Å²) in [5.74, 6) is 0.209. The van der Waals surface area contributed by atoms with Gasteiger partial charge in [-0.05, 0) is 31.5 Å². The number of amides is 1. The number of nitrogens with zero attached hydrogens (tertiary/aromatic N) is 4. The van der Waals surface area contributed by atoms with Gasteiger partial charge in [-0.2, -0.15) is 5.26 Å². The predicted molar refractivity (Wildman–Crippen MR) is 145 cm³/mol. The van der Waals surface area contributed by atoms with E-state index < -0.39 is 0 Å². The van der Waals surface area contributed by atoms with E-state index in [1.807, 2.05) is 42.6 Å². The molecule has 3 aromatic rings. The molecule has 4 rings (SSSR count). The molecule has 0 radical (unpaired) electrons. The van der Waals surface area contributed by atoms with E-state index in [1.54, 1.807) is 6.33 Å². The SMILES string of the molecule is CCCC[C@H]1C[N+](Cc2ccc(C#N)cc2)(c2ccccc2C)C(=O)CN1Cc1cnc[nH]1.Cl.Cl. The van der Waals surface area contributed by atoms with E-state index in [9.17, 15) is 10.1 Å². The van der Waals surface area contributed by atoms with Crippen LogP contribution in [0.3, 0.4) is 0 Å². The number of piperazine rings is 1. The first-order valence-corrected chi connectivity index (χ1v) is 11.7. The molecule has 6 nitrogen and oxygen atoms in total. The average molecular weight is 516 g/mol. The number of quaternary nitrogens is 1. The normalized spacial score (nSPS) is 19.9. The number of carbonyl (C=O) groups excluding carboxylic acids is 1. The molecule has 1 aliphatic rings. The van der Waals surface area contributed by atoms with Crippen molar-refractivity contribution in [2.24, 2.45) is 0 Å². The zero-order chi connectivity index (χ0) is 23.3. The maximum absolute atomic E-state index is 14.0. The van der Waals surface area contributed by atoms with Gasteiger partial charge in [0.05, 0.1) is 24.0 Å². The van der Waals surface area contributed by atoms with E-state index in [0.717, 1.165) is 48.3 Å². The van der Waals surface area contributed by atoms with Gasteiger partial charge in [0.25, 0.3) is 0 Å². The van der Waals surface area contributed by atoms with Crippen LogP contribution in [0.25, 0.3) is 0 Å². The third-order valence-corrected chi connectivity index (χ3v) is 6.79. The number of aryl methyl sites for hydroxylation is 1. The smallest absolute Gasteiger partial charge is 0.333 e. The van der Waals surface area contributed by atoms with E-state index in [4.69, 9.17) is 0 Å². The summed E-state index contributed by atoms with van der Waals surface area (Å²) in [6.07, 6.45) is 6.85. The Labute approximate surface area is 220 Å². The minimum atomic E-state index is 0. The Balaban J connectivity index is 0.00000216. The summed E-state index contributed by atoms with van der Waals surface area (Å²) < 4.78 is 0.312. The fourth-order valence-corrected chi connectivity index (χ4v) is 5.01. The number of carbonyl (C=O) groups is 1. The van der Waals surface area contributed by atoms with E-state index in [2.05, 4.69) is 46.9 Å². The minimum Gasteiger partial charge on any atom is -0.347 e. The summed E-state index contributed by atoms with van der Waals surface area (Å²) in [7, 11) is 0. The standard InChI is InChI=1S/C27H32N5O.2ClH/c1-3-4-8-25-19-32(26-9-6-5-7-21(26)2,18-23-12-10-22(14-28)11-13-23)27(33)17-31(25)16-24-15-29-20-30-24;;/h5-7,9-13,15,20,25H,3-4,8,16-19H2,1-2H3,(H,29,30);2*1H/q+1;;/t25-,32?;;/m0../s1. The van der Waals surface area contributed by atoms with Crippen LogP contribution >= 0.6 is 24.8 Å². The van der Waals surface area contributed by atoms with Crippen molar-refractivity contribution in [3.8, 4) is 6.07 Å². The van der Waals surface area contributed by atoms with Crippen molar-refractivity contribution >= 4 is 36.4 Å². The van der Waals surface area contributed by atoms with Gasteiger partial charge in [-0.25, -0.2) is 14.3 Å². The second kappa shape index (κ2) is 12.9. The van der Waals surface area contributed by atoms with Crippen molar-refractivity contribution in [3.63, 3.8) is 0 Å². The molecule has 2 heterocycles. The largest absolute Gasteiger partial charge is 0.347 e. The Morgan fingerprint density at radius 2 is 1.91 bits per heavy atom. The molecular formula is C27H34Cl2N5O+. The van der Waals surface area contributed by atoms with Crippen molar-refractivity contribution in [2.75, 3.05) is 13.1 Å². The highest BCUT2D eigenvalue weighted by atomic mass is 35.5. The van der Waals surface area contributed by atoms with Gasteiger partial charge in [-0.1, -0.05) is 50.1 Å². The minimum absolute atomic E-state index is 0. The fraction of sp³-hybridized carbons (Fsp3) is 0.370. The molecule has 2 atom stereocenters. The number of nitriles is 1. The molecule has 1 unspecified atom stereocenters. The Bertz CT molecular complexity index is 1130. The zero-order valence-electron chi connectivity index (χ0n) is 20.3. The van der Waals surface area contributed by atoms with Crippen molar-refractivity contribution in [3.05, 3.63) is 83.4 Å². The number of rotatable bonds is 8. The first-order chi connectivity index (χ1) is 16.1. The molecular weight excluding hydrogens is 481 g/mol. The van der Waals surface area contributed by atoms with Gasteiger partial charge in [0.15, 0.2) is 0 Å². The van der Waals surface area contributed by atoms with Crippen LogP contribution < -0.4 is 4.48 Å². The number of para-hydroxylation sites is 1. The lowest BCUT2D eigenvalue weighted by Crippen LogP contribution is -2.67. The van der Waals surface area contributed by atoms with Crippen LogP contribution in [-0.4, -0.2) is 39.9 Å². The van der Waals surface area contributed by atoms with E-state index in [0.29, 0.717) is 29.7 Å². The average Bonchev–Trinajstić information content (AvgIpc) is 3.34. The molecule has 0 spiro atoms. The van der Waals surface area contributed by atoms with Gasteiger partial charge in [0.1, 0.15) is 25.3 Å². The Morgan fingerprint density at radius 3 is 2.54 bits per heavy atom. The van der Waals surface area contributed by atoms with Crippen molar-refractivity contribution in [2.45, 2.75) is 52.2 Å². The molecule has 0 aliphatic carbocycles. The van der Waals surface area contributed by atoms with Crippen LogP contribution in [0.15, 0.2) is 61.1 Å². The number of unbranched alkanes of at least 4 members (excludes halogenated alkanes) is 1. The highest BCUT2D eigenvalue weighted by Crippen LogP contribution is 2.35. The maximum atomic E-state index is 14.0. The third kappa shape index (κ3) is 6.31. The Morgan fingerprint density at radius 1 is 1.17 bits per heavy atom. The number of nitrogens with one attached hydrogen (secondary N) is 1. The molecule has 1 aliphatic heterocycles. The number of H-pyrrole nitrogens is 1. The maximum Gasteiger partial charge on any atom is 0.333 e. The van der Waals surface area contributed by atoms with Gasteiger partial charge in [0.2, 0.25) is 0 Å². The third-order valence-electron chi connectivity index (χ3n) is 6.79. The summed E-state index contributed by atoms with van der Waals surface area (Å²) in [5, 5.41) is 9.19. The summed E-state index contributed by atoms with van der Waals surface area (Å²) in [5.41, 5.74) is 4.96. The lowest BCUT2D eigenvalue weighted by molar-refractivity contribution is -0.138. The van der Waals surface area contributed by atoms with Gasteiger partial charge in [0, 0.05) is 29.6 Å². The second-order valence-corrected chi connectivity index (χ2v) is 9.08. The monoisotopic (exact) mass is 514 g/mol. The van der Waals surface area contributed by atoms with E-state index in [-0.39, 0.29) is 36.8 Å². The lowest BCUT2D eigenvalue weighted by Gasteiger charge is -2.46. The van der Waals surface area contributed by atoms with Crippen LogP contribution in [0.5, 0.6) is 0 Å². The predicted octanol–water partition coefficient (Wildman–Crippen LogP) is 5.54. The molecule has 8 heteroatoms. The van der Waals surface area contributed by atoms with Crippen molar-refractivity contribution in [1.82, 2.24) is 19.4 Å². The van der Waals surface area contributed by atoms with Gasteiger partial charge < -0.3 is 4.98 Å². The molecule has 1 fully saturated rings. The Kier molecular flexibility index (Phi) is 10.5. The molecule has 2 aromatic carbocycles. The van der Waals surface area contributed by atoms with E-state index >= 15 is 0 Å². The van der Waals surface area contributed by atoms with Crippen molar-refractivity contribution in [1.29, 1.82) is 5.26 Å². The number of halogens is 2. The number of imidazole rings is 1. The fourth-order valence-electron chi connectivity index (χ4n) is 5.01. The highest BCUT2D eigenvalue weighted by Gasteiger charge is 2.48. The topological polar surface area (TPSA) is 72.8 Å². The second-order valence-electron chi connectivity index (χ2n) is 9.08. The molecule has 186 valence electrons. The van der Waals surface area contributed by atoms with E-state index in [1.165, 1.54) is 0 Å². The van der Waals surface area contributed by atoms with Gasteiger partial charge in [-0.3, -0.25) is 4.90 Å². The summed E-state index contributed by atoms with van der Waals surface area (Å²) in [6, 6.07) is 18.4. The molecule has 1 N–H and O–H groups in total. The van der Waals surface area contributed by atoms with Crippen molar-refractivity contribution < 1.29 is 4.79 Å². The molecule has 1 saturated heterocycles. The summed E-state index contributed by atoms with van der Waals surface area (Å²) in [4.78, 5) is 23.7. The lowest BCUT2D eigenvalue weighted by atomic mass is 9.98. The molecule has 0 bridgehead atoms. The number of hydrogen-bond donors (Lipinski definition) is 1. The summed E-state index contributed by atoms with van der Waals surface area (Å²) >= 11 is 0. The number of aromatic amines is 1. The van der Waals surface area contributed by atoms with Crippen LogP contribution in [0.2, 0.25) is 0 Å². The first kappa shape index (κ1) is 28.5. The van der Waals surface area contributed by atoms with Crippen LogP contribution in [0.1, 0.15) is 48.6 Å². The van der Waals surface area contributed by atoms with Gasteiger partial charge >= 0.3 is 5.91 Å². The van der Waals surface area contributed by atoms with Crippen LogP contribution in [0.4, 0.5) is 5.69 Å². The van der Waals surface area contributed by atoms with Crippen LogP contribution in [0, 0.1) is 18.3 Å². The highest BCUT2D eigenvalue weighted by molar-refractivity contribution is 5.91. The summed E-state index contributed by atoms with van der Waals surface area (Å²) in [6.45, 7) is 6.74.